The van der Waals surface area contributed by atoms with Gasteiger partial charge in [-0.1, -0.05) is 32.0 Å². The summed E-state index contributed by atoms with van der Waals surface area (Å²) in [4.78, 5) is 11.8. The third kappa shape index (κ3) is 4.03. The van der Waals surface area contributed by atoms with E-state index in [1.54, 1.807) is 12.1 Å². The van der Waals surface area contributed by atoms with Gasteiger partial charge in [-0.15, -0.1) is 0 Å². The van der Waals surface area contributed by atoms with Crippen molar-refractivity contribution in [3.8, 4) is 0 Å². The first-order valence-electron chi connectivity index (χ1n) is 5.60. The van der Waals surface area contributed by atoms with Crippen molar-refractivity contribution in [3.63, 3.8) is 0 Å². The third-order valence-corrected chi connectivity index (χ3v) is 2.35. The average Bonchev–Trinajstić information content (AvgIpc) is 2.28. The molecule has 0 heterocycles. The number of hydrogen-bond donors (Lipinski definition) is 2. The van der Waals surface area contributed by atoms with E-state index in [1.807, 2.05) is 18.2 Å². The number of carbonyl (C=O) groups is 1. The van der Waals surface area contributed by atoms with E-state index in [0.717, 1.165) is 6.42 Å². The monoisotopic (exact) mass is 221 g/mol. The Hall–Kier alpha value is -1.35. The van der Waals surface area contributed by atoms with E-state index in [-0.39, 0.29) is 18.6 Å². The molecule has 1 amide bonds. The standard InChI is InChI=1S/C13H19NO2/c1-10(2)8-12(9-15)14-13(16)11-6-4-3-5-7-11/h3-7,10,12,15H,8-9H2,1-2H3,(H,14,16)/t12-/m1/s1. The summed E-state index contributed by atoms with van der Waals surface area (Å²) in [6.45, 7) is 4.12. The van der Waals surface area contributed by atoms with Crippen LogP contribution in [0.1, 0.15) is 30.6 Å². The second kappa shape index (κ2) is 6.28. The molecule has 3 nitrogen and oxygen atoms in total. The van der Waals surface area contributed by atoms with Crippen LogP contribution in [0.15, 0.2) is 30.3 Å². The van der Waals surface area contributed by atoms with E-state index in [2.05, 4.69) is 19.2 Å². The van der Waals surface area contributed by atoms with E-state index >= 15 is 0 Å². The van der Waals surface area contributed by atoms with Crippen LogP contribution in [0.2, 0.25) is 0 Å². The van der Waals surface area contributed by atoms with Crippen molar-refractivity contribution in [1.29, 1.82) is 0 Å². The number of benzene rings is 1. The van der Waals surface area contributed by atoms with Gasteiger partial charge in [0.15, 0.2) is 0 Å². The second-order valence-corrected chi connectivity index (χ2v) is 4.35. The van der Waals surface area contributed by atoms with Crippen LogP contribution in [-0.2, 0) is 0 Å². The lowest BCUT2D eigenvalue weighted by molar-refractivity contribution is 0.0908. The number of carbonyl (C=O) groups excluding carboxylic acids is 1. The van der Waals surface area contributed by atoms with Gasteiger partial charge >= 0.3 is 0 Å². The van der Waals surface area contributed by atoms with E-state index in [4.69, 9.17) is 5.11 Å². The molecule has 0 aliphatic heterocycles. The molecule has 0 saturated carbocycles. The first-order valence-corrected chi connectivity index (χ1v) is 5.60. The van der Waals surface area contributed by atoms with Crippen LogP contribution in [0, 0.1) is 5.92 Å². The zero-order valence-corrected chi connectivity index (χ0v) is 9.81. The highest BCUT2D eigenvalue weighted by molar-refractivity contribution is 5.94. The fourth-order valence-corrected chi connectivity index (χ4v) is 1.61. The molecule has 0 bridgehead atoms. The first-order chi connectivity index (χ1) is 7.63. The van der Waals surface area contributed by atoms with Gasteiger partial charge in [0, 0.05) is 5.56 Å². The number of hydrogen-bond acceptors (Lipinski definition) is 2. The summed E-state index contributed by atoms with van der Waals surface area (Å²) in [6.07, 6.45) is 0.787. The van der Waals surface area contributed by atoms with Gasteiger partial charge in [-0.3, -0.25) is 4.79 Å². The van der Waals surface area contributed by atoms with Gasteiger partial charge in [-0.05, 0) is 24.5 Å². The van der Waals surface area contributed by atoms with Gasteiger partial charge in [0.1, 0.15) is 0 Å². The fraction of sp³-hybridized carbons (Fsp3) is 0.462. The van der Waals surface area contributed by atoms with Gasteiger partial charge in [-0.25, -0.2) is 0 Å². The Morgan fingerprint density at radius 3 is 2.44 bits per heavy atom. The Morgan fingerprint density at radius 2 is 1.94 bits per heavy atom. The maximum absolute atomic E-state index is 11.8. The molecule has 0 radical (unpaired) electrons. The molecule has 1 atom stereocenters. The summed E-state index contributed by atoms with van der Waals surface area (Å²) in [7, 11) is 0. The smallest absolute Gasteiger partial charge is 0.251 e. The Bertz CT molecular complexity index is 322. The second-order valence-electron chi connectivity index (χ2n) is 4.35. The summed E-state index contributed by atoms with van der Waals surface area (Å²) < 4.78 is 0. The molecule has 3 heteroatoms. The lowest BCUT2D eigenvalue weighted by Gasteiger charge is -2.18. The summed E-state index contributed by atoms with van der Waals surface area (Å²) >= 11 is 0. The summed E-state index contributed by atoms with van der Waals surface area (Å²) in [6, 6.07) is 8.89. The zero-order chi connectivity index (χ0) is 12.0. The minimum Gasteiger partial charge on any atom is -0.394 e. The van der Waals surface area contributed by atoms with Crippen LogP contribution in [0.5, 0.6) is 0 Å². The topological polar surface area (TPSA) is 49.3 Å². The predicted octanol–water partition coefficient (Wildman–Crippen LogP) is 1.82. The minimum atomic E-state index is -0.160. The predicted molar refractivity (Wildman–Crippen MR) is 64.2 cm³/mol. The molecule has 0 unspecified atom stereocenters. The molecule has 16 heavy (non-hydrogen) atoms. The van der Waals surface area contributed by atoms with Crippen LogP contribution < -0.4 is 5.32 Å². The minimum absolute atomic E-state index is 0.0171. The SMILES string of the molecule is CC(C)C[C@H](CO)NC(=O)c1ccccc1. The van der Waals surface area contributed by atoms with Crippen molar-refractivity contribution in [3.05, 3.63) is 35.9 Å². The Morgan fingerprint density at radius 1 is 1.31 bits per heavy atom. The van der Waals surface area contributed by atoms with Crippen LogP contribution >= 0.6 is 0 Å². The molecular formula is C13H19NO2. The molecule has 88 valence electrons. The van der Waals surface area contributed by atoms with Crippen molar-refractivity contribution in [2.24, 2.45) is 5.92 Å². The molecule has 0 fully saturated rings. The van der Waals surface area contributed by atoms with E-state index in [1.165, 1.54) is 0 Å². The Kier molecular flexibility index (Phi) is 4.99. The summed E-state index contributed by atoms with van der Waals surface area (Å²) in [5.41, 5.74) is 0.629. The number of amides is 1. The van der Waals surface area contributed by atoms with Gasteiger partial charge in [0.05, 0.1) is 12.6 Å². The number of aliphatic hydroxyl groups is 1. The molecular weight excluding hydrogens is 202 g/mol. The maximum atomic E-state index is 11.8. The molecule has 0 aromatic heterocycles. The highest BCUT2D eigenvalue weighted by atomic mass is 16.3. The Labute approximate surface area is 96.5 Å². The van der Waals surface area contributed by atoms with Gasteiger partial charge < -0.3 is 10.4 Å². The fourth-order valence-electron chi connectivity index (χ4n) is 1.61. The van der Waals surface area contributed by atoms with Crippen molar-refractivity contribution < 1.29 is 9.90 Å². The van der Waals surface area contributed by atoms with Crippen LogP contribution in [0.4, 0.5) is 0 Å². The van der Waals surface area contributed by atoms with Gasteiger partial charge in [0.25, 0.3) is 5.91 Å². The largest absolute Gasteiger partial charge is 0.394 e. The summed E-state index contributed by atoms with van der Waals surface area (Å²) in [5.74, 6) is 0.327. The number of nitrogens with one attached hydrogen (secondary N) is 1. The molecule has 0 saturated heterocycles. The molecule has 0 aliphatic carbocycles. The zero-order valence-electron chi connectivity index (χ0n) is 9.81. The molecule has 0 spiro atoms. The number of aliphatic hydroxyl groups excluding tert-OH is 1. The van der Waals surface area contributed by atoms with Gasteiger partial charge in [0.2, 0.25) is 0 Å². The highest BCUT2D eigenvalue weighted by Crippen LogP contribution is 2.06. The molecule has 1 aromatic carbocycles. The molecule has 2 N–H and O–H groups in total. The molecule has 0 aliphatic rings. The highest BCUT2D eigenvalue weighted by Gasteiger charge is 2.13. The van der Waals surface area contributed by atoms with Gasteiger partial charge in [-0.2, -0.15) is 0 Å². The Balaban J connectivity index is 2.56. The van der Waals surface area contributed by atoms with E-state index in [0.29, 0.717) is 11.5 Å². The first kappa shape index (κ1) is 12.7. The normalized spacial score (nSPS) is 12.5. The van der Waals surface area contributed by atoms with Crippen molar-refractivity contribution in [2.75, 3.05) is 6.61 Å². The lowest BCUT2D eigenvalue weighted by atomic mass is 10.0. The van der Waals surface area contributed by atoms with Crippen LogP contribution in [0.3, 0.4) is 0 Å². The van der Waals surface area contributed by atoms with E-state index < -0.39 is 0 Å². The maximum Gasteiger partial charge on any atom is 0.251 e. The van der Waals surface area contributed by atoms with Crippen molar-refractivity contribution >= 4 is 5.91 Å². The van der Waals surface area contributed by atoms with Crippen LogP contribution in [0.25, 0.3) is 0 Å². The van der Waals surface area contributed by atoms with Crippen molar-refractivity contribution in [1.82, 2.24) is 5.32 Å². The van der Waals surface area contributed by atoms with E-state index in [9.17, 15) is 4.79 Å². The number of rotatable bonds is 5. The lowest BCUT2D eigenvalue weighted by Crippen LogP contribution is -2.38. The quantitative estimate of drug-likeness (QED) is 0.797. The van der Waals surface area contributed by atoms with Crippen molar-refractivity contribution in [2.45, 2.75) is 26.3 Å². The average molecular weight is 221 g/mol. The molecule has 1 aromatic rings. The summed E-state index contributed by atoms with van der Waals surface area (Å²) in [5, 5.41) is 12.0. The molecule has 1 rings (SSSR count). The third-order valence-electron chi connectivity index (χ3n) is 2.35. The van der Waals surface area contributed by atoms with Crippen LogP contribution in [-0.4, -0.2) is 23.7 Å².